The highest BCUT2D eigenvalue weighted by Crippen LogP contribution is 2.36. The number of ketones is 1. The van der Waals surface area contributed by atoms with E-state index in [4.69, 9.17) is 4.42 Å². The van der Waals surface area contributed by atoms with Crippen molar-refractivity contribution in [1.29, 1.82) is 0 Å². The van der Waals surface area contributed by atoms with Gasteiger partial charge in [-0.15, -0.1) is 0 Å². The van der Waals surface area contributed by atoms with Crippen molar-refractivity contribution >= 4 is 5.78 Å². The maximum atomic E-state index is 13.3. The number of hydrogen-bond acceptors (Lipinski definition) is 3. The van der Waals surface area contributed by atoms with Gasteiger partial charge in [-0.3, -0.25) is 4.79 Å². The van der Waals surface area contributed by atoms with Crippen molar-refractivity contribution in [1.82, 2.24) is 5.32 Å². The first kappa shape index (κ1) is 18.3. The van der Waals surface area contributed by atoms with Gasteiger partial charge in [-0.05, 0) is 62.7 Å². The summed E-state index contributed by atoms with van der Waals surface area (Å²) in [5.41, 5.74) is 4.83. The Hall–Kier alpha value is -2.03. The molecule has 0 radical (unpaired) electrons. The molecule has 0 unspecified atom stereocenters. The number of furan rings is 1. The van der Waals surface area contributed by atoms with Crippen molar-refractivity contribution < 1.29 is 9.21 Å². The molecule has 3 nitrogen and oxygen atoms in total. The molecule has 27 heavy (non-hydrogen) atoms. The van der Waals surface area contributed by atoms with Gasteiger partial charge in [-0.1, -0.05) is 37.8 Å². The van der Waals surface area contributed by atoms with Gasteiger partial charge in [0.25, 0.3) is 0 Å². The van der Waals surface area contributed by atoms with Crippen molar-refractivity contribution in [3.63, 3.8) is 0 Å². The summed E-state index contributed by atoms with van der Waals surface area (Å²) in [7, 11) is 0. The quantitative estimate of drug-likeness (QED) is 0.673. The highest BCUT2D eigenvalue weighted by molar-refractivity contribution is 6.03. The van der Waals surface area contributed by atoms with E-state index in [2.05, 4.69) is 17.5 Å². The maximum absolute atomic E-state index is 13.3. The van der Waals surface area contributed by atoms with Gasteiger partial charge in [0.1, 0.15) is 5.76 Å². The Morgan fingerprint density at radius 2 is 1.74 bits per heavy atom. The van der Waals surface area contributed by atoms with Crippen molar-refractivity contribution in [3.05, 3.63) is 58.7 Å². The lowest BCUT2D eigenvalue weighted by molar-refractivity contribution is -0.119. The standard InChI is InChI=1S/C24H31NO2/c26-24(19-11-5-2-6-12-19)22-15-7-14-21(22)23(18-9-3-1-4-10-18)25-17-20-13-8-16-27-20/h8,13-16,19,25H,1-7,9-12,17H2. The van der Waals surface area contributed by atoms with Crippen LogP contribution >= 0.6 is 0 Å². The van der Waals surface area contributed by atoms with E-state index in [1.807, 2.05) is 12.1 Å². The van der Waals surface area contributed by atoms with Gasteiger partial charge < -0.3 is 9.73 Å². The predicted molar refractivity (Wildman–Crippen MR) is 108 cm³/mol. The average molecular weight is 366 g/mol. The highest BCUT2D eigenvalue weighted by atomic mass is 16.3. The zero-order valence-corrected chi connectivity index (χ0v) is 16.3. The fourth-order valence-corrected chi connectivity index (χ4v) is 4.80. The van der Waals surface area contributed by atoms with E-state index in [9.17, 15) is 4.79 Å². The van der Waals surface area contributed by atoms with Crippen LogP contribution in [-0.4, -0.2) is 5.78 Å². The molecule has 1 aromatic rings. The van der Waals surface area contributed by atoms with E-state index < -0.39 is 0 Å². The second-order valence-corrected chi connectivity index (χ2v) is 8.14. The minimum atomic E-state index is 0.231. The monoisotopic (exact) mass is 365 g/mol. The molecule has 1 N–H and O–H groups in total. The molecule has 2 saturated carbocycles. The van der Waals surface area contributed by atoms with Crippen LogP contribution in [0.25, 0.3) is 0 Å². The van der Waals surface area contributed by atoms with E-state index in [-0.39, 0.29) is 5.92 Å². The van der Waals surface area contributed by atoms with Gasteiger partial charge in [-0.25, -0.2) is 0 Å². The van der Waals surface area contributed by atoms with Gasteiger partial charge in [0.05, 0.1) is 12.8 Å². The Labute approximate surface area is 162 Å². The Kier molecular flexibility index (Phi) is 5.96. The smallest absolute Gasteiger partial charge is 0.166 e. The third-order valence-corrected chi connectivity index (χ3v) is 6.28. The summed E-state index contributed by atoms with van der Waals surface area (Å²) in [5, 5.41) is 3.65. The lowest BCUT2D eigenvalue weighted by Gasteiger charge is -2.25. The summed E-state index contributed by atoms with van der Waals surface area (Å²) in [5.74, 6) is 1.55. The van der Waals surface area contributed by atoms with E-state index in [1.165, 1.54) is 49.8 Å². The van der Waals surface area contributed by atoms with Crippen molar-refractivity contribution in [2.75, 3.05) is 0 Å². The molecule has 2 fully saturated rings. The molecule has 0 spiro atoms. The van der Waals surface area contributed by atoms with Gasteiger partial charge in [0, 0.05) is 22.8 Å². The SMILES string of the molecule is O=C(C1=CCC=C1C(NCc1ccco1)=C1CCCCC1)C1CCCCC1. The molecule has 3 heteroatoms. The van der Waals surface area contributed by atoms with Crippen molar-refractivity contribution in [2.45, 2.75) is 77.2 Å². The third-order valence-electron chi connectivity index (χ3n) is 6.28. The molecule has 0 amide bonds. The molecular formula is C24H31NO2. The lowest BCUT2D eigenvalue weighted by atomic mass is 9.81. The average Bonchev–Trinajstić information content (AvgIpc) is 3.41. The molecule has 0 aromatic carbocycles. The molecule has 0 aliphatic heterocycles. The van der Waals surface area contributed by atoms with E-state index in [1.54, 1.807) is 6.26 Å². The van der Waals surface area contributed by atoms with Crippen LogP contribution in [0.5, 0.6) is 0 Å². The number of rotatable bonds is 6. The Morgan fingerprint density at radius 1 is 1.00 bits per heavy atom. The van der Waals surface area contributed by atoms with Crippen LogP contribution in [0.2, 0.25) is 0 Å². The van der Waals surface area contributed by atoms with Crippen molar-refractivity contribution in [2.24, 2.45) is 5.92 Å². The van der Waals surface area contributed by atoms with Crippen LogP contribution in [0.4, 0.5) is 0 Å². The topological polar surface area (TPSA) is 42.2 Å². The summed E-state index contributed by atoms with van der Waals surface area (Å²) in [6.45, 7) is 0.675. The summed E-state index contributed by atoms with van der Waals surface area (Å²) >= 11 is 0. The normalized spacial score (nSPS) is 21.0. The van der Waals surface area contributed by atoms with Crippen LogP contribution in [0, 0.1) is 5.92 Å². The molecule has 0 atom stereocenters. The van der Waals surface area contributed by atoms with E-state index in [0.717, 1.165) is 49.0 Å². The molecule has 1 aromatic heterocycles. The number of Topliss-reactive ketones (excluding diaryl/α,β-unsaturated/α-hetero) is 1. The van der Waals surface area contributed by atoms with Crippen molar-refractivity contribution in [3.8, 4) is 0 Å². The Bertz CT molecular complexity index is 737. The number of carbonyl (C=O) groups is 1. The largest absolute Gasteiger partial charge is 0.467 e. The fourth-order valence-electron chi connectivity index (χ4n) is 4.80. The highest BCUT2D eigenvalue weighted by Gasteiger charge is 2.29. The van der Waals surface area contributed by atoms with Gasteiger partial charge in [0.15, 0.2) is 5.78 Å². The third kappa shape index (κ3) is 4.28. The van der Waals surface area contributed by atoms with Crippen LogP contribution in [0.1, 0.15) is 76.4 Å². The molecule has 3 aliphatic carbocycles. The molecule has 0 saturated heterocycles. The summed E-state index contributed by atoms with van der Waals surface area (Å²) in [6.07, 6.45) is 18.9. The van der Waals surface area contributed by atoms with Gasteiger partial charge >= 0.3 is 0 Å². The van der Waals surface area contributed by atoms with Crippen LogP contribution in [0.3, 0.4) is 0 Å². The molecule has 3 aliphatic rings. The Morgan fingerprint density at radius 3 is 2.48 bits per heavy atom. The molecule has 0 bridgehead atoms. The van der Waals surface area contributed by atoms with Gasteiger partial charge in [-0.2, -0.15) is 0 Å². The zero-order valence-electron chi connectivity index (χ0n) is 16.3. The summed E-state index contributed by atoms with van der Waals surface area (Å²) in [4.78, 5) is 13.3. The van der Waals surface area contributed by atoms with Crippen LogP contribution in [-0.2, 0) is 11.3 Å². The summed E-state index contributed by atoms with van der Waals surface area (Å²) < 4.78 is 5.52. The number of hydrogen-bond donors (Lipinski definition) is 1. The minimum absolute atomic E-state index is 0.231. The number of carbonyl (C=O) groups excluding carboxylic acids is 1. The predicted octanol–water partition coefficient (Wildman–Crippen LogP) is 5.99. The summed E-state index contributed by atoms with van der Waals surface area (Å²) in [6, 6.07) is 3.93. The molecular weight excluding hydrogens is 334 g/mol. The molecule has 4 rings (SSSR count). The van der Waals surface area contributed by atoms with Crippen LogP contribution in [0.15, 0.2) is 57.4 Å². The second-order valence-electron chi connectivity index (χ2n) is 8.14. The second kappa shape index (κ2) is 8.77. The number of nitrogens with one attached hydrogen (secondary N) is 1. The first-order chi connectivity index (χ1) is 13.3. The lowest BCUT2D eigenvalue weighted by Crippen LogP contribution is -2.24. The molecule has 144 valence electrons. The Balaban J connectivity index is 1.56. The zero-order chi connectivity index (χ0) is 18.5. The van der Waals surface area contributed by atoms with E-state index in [0.29, 0.717) is 12.3 Å². The first-order valence-corrected chi connectivity index (χ1v) is 10.8. The molecule has 1 heterocycles. The maximum Gasteiger partial charge on any atom is 0.166 e. The van der Waals surface area contributed by atoms with E-state index >= 15 is 0 Å². The number of allylic oxidation sites excluding steroid dienone is 4. The fraction of sp³-hybridized carbons (Fsp3) is 0.542. The van der Waals surface area contributed by atoms with Gasteiger partial charge in [0.2, 0.25) is 0 Å². The van der Waals surface area contributed by atoms with Crippen LogP contribution < -0.4 is 5.32 Å². The first-order valence-electron chi connectivity index (χ1n) is 10.8. The minimum Gasteiger partial charge on any atom is -0.467 e.